The van der Waals surface area contributed by atoms with Crippen molar-refractivity contribution in [3.8, 4) is 11.3 Å². The highest BCUT2D eigenvalue weighted by atomic mass is 35.5. The Hall–Kier alpha value is -1.41. The molecule has 0 fully saturated rings. The summed E-state index contributed by atoms with van der Waals surface area (Å²) in [7, 11) is -3.58. The molecule has 1 heterocycles. The Balaban J connectivity index is 0.00000288. The van der Waals surface area contributed by atoms with Gasteiger partial charge in [-0.2, -0.15) is 0 Å². The molecule has 3 N–H and O–H groups in total. The van der Waals surface area contributed by atoms with Crippen molar-refractivity contribution in [2.75, 3.05) is 6.54 Å². The van der Waals surface area contributed by atoms with E-state index in [-0.39, 0.29) is 29.9 Å². The molecule has 2 aromatic rings. The van der Waals surface area contributed by atoms with Crippen LogP contribution in [-0.4, -0.2) is 26.0 Å². The standard InChI is InChI=1S/C16H23N3O3S.ClH/c1-11(2)8-14(9-17)19-23(20,21)15-6-4-13(5-7-15)16-10-22-12(3)18-16;/h4-7,10-11,14,19H,8-9,17H2,1-3H3;1H. The Morgan fingerprint density at radius 1 is 1.25 bits per heavy atom. The maximum Gasteiger partial charge on any atom is 0.240 e. The van der Waals surface area contributed by atoms with Crippen LogP contribution in [0.15, 0.2) is 39.8 Å². The molecule has 8 heteroatoms. The van der Waals surface area contributed by atoms with Crippen molar-refractivity contribution in [1.29, 1.82) is 0 Å². The van der Waals surface area contributed by atoms with Crippen LogP contribution in [-0.2, 0) is 10.0 Å². The highest BCUT2D eigenvalue weighted by molar-refractivity contribution is 7.89. The molecule has 0 bridgehead atoms. The number of sulfonamides is 1. The highest BCUT2D eigenvalue weighted by Crippen LogP contribution is 2.21. The van der Waals surface area contributed by atoms with Crippen LogP contribution in [0, 0.1) is 12.8 Å². The third-order valence-corrected chi connectivity index (χ3v) is 4.98. The van der Waals surface area contributed by atoms with Gasteiger partial charge in [-0.05, 0) is 24.5 Å². The molecule has 1 atom stereocenters. The van der Waals surface area contributed by atoms with Gasteiger partial charge in [-0.1, -0.05) is 26.0 Å². The largest absolute Gasteiger partial charge is 0.449 e. The second-order valence-corrected chi connectivity index (χ2v) is 7.67. The van der Waals surface area contributed by atoms with Crippen molar-refractivity contribution in [2.45, 2.75) is 38.1 Å². The summed E-state index contributed by atoms with van der Waals surface area (Å²) < 4.78 is 32.7. The number of oxazole rings is 1. The number of aromatic nitrogens is 1. The lowest BCUT2D eigenvalue weighted by molar-refractivity contribution is 0.465. The van der Waals surface area contributed by atoms with Gasteiger partial charge in [-0.25, -0.2) is 18.1 Å². The molecule has 0 saturated heterocycles. The molecule has 0 aliphatic rings. The third-order valence-electron chi connectivity index (χ3n) is 3.44. The van der Waals surface area contributed by atoms with Crippen LogP contribution in [0.25, 0.3) is 11.3 Å². The van der Waals surface area contributed by atoms with Gasteiger partial charge in [-0.15, -0.1) is 12.4 Å². The first kappa shape index (κ1) is 20.6. The third kappa shape index (κ3) is 5.31. The fraction of sp³-hybridized carbons (Fsp3) is 0.438. The number of aryl methyl sites for hydroxylation is 1. The monoisotopic (exact) mass is 373 g/mol. The van der Waals surface area contributed by atoms with Gasteiger partial charge in [0.2, 0.25) is 10.0 Å². The molecular weight excluding hydrogens is 350 g/mol. The summed E-state index contributed by atoms with van der Waals surface area (Å²) in [6.07, 6.45) is 2.25. The molecule has 134 valence electrons. The van der Waals surface area contributed by atoms with Crippen molar-refractivity contribution in [1.82, 2.24) is 9.71 Å². The van der Waals surface area contributed by atoms with Crippen LogP contribution in [0.2, 0.25) is 0 Å². The van der Waals surface area contributed by atoms with Crippen LogP contribution < -0.4 is 10.5 Å². The van der Waals surface area contributed by atoms with Crippen molar-refractivity contribution >= 4 is 22.4 Å². The van der Waals surface area contributed by atoms with Gasteiger partial charge in [0.05, 0.1) is 4.90 Å². The number of nitrogens with one attached hydrogen (secondary N) is 1. The molecule has 0 spiro atoms. The summed E-state index contributed by atoms with van der Waals surface area (Å²) in [5, 5.41) is 0. The second-order valence-electron chi connectivity index (χ2n) is 5.96. The van der Waals surface area contributed by atoms with E-state index in [0.717, 1.165) is 5.56 Å². The van der Waals surface area contributed by atoms with Gasteiger partial charge in [0.15, 0.2) is 5.89 Å². The van der Waals surface area contributed by atoms with E-state index in [1.165, 1.54) is 0 Å². The van der Waals surface area contributed by atoms with Gasteiger partial charge in [-0.3, -0.25) is 0 Å². The first-order chi connectivity index (χ1) is 10.8. The Labute approximate surface area is 149 Å². The zero-order valence-corrected chi connectivity index (χ0v) is 15.7. The van der Waals surface area contributed by atoms with Crippen molar-refractivity contribution < 1.29 is 12.8 Å². The van der Waals surface area contributed by atoms with E-state index in [9.17, 15) is 8.42 Å². The Morgan fingerprint density at radius 3 is 2.33 bits per heavy atom. The van der Waals surface area contributed by atoms with Crippen LogP contribution in [0.1, 0.15) is 26.2 Å². The molecule has 2 rings (SSSR count). The Kier molecular flexibility index (Phi) is 7.41. The molecule has 1 aromatic carbocycles. The summed E-state index contributed by atoms with van der Waals surface area (Å²) in [6, 6.07) is 6.28. The van der Waals surface area contributed by atoms with Gasteiger partial charge in [0.25, 0.3) is 0 Å². The molecule has 0 aliphatic heterocycles. The van der Waals surface area contributed by atoms with Crippen LogP contribution in [0.3, 0.4) is 0 Å². The minimum absolute atomic E-state index is 0. The number of rotatable bonds is 7. The SMILES string of the molecule is Cc1nc(-c2ccc(S(=O)(=O)NC(CN)CC(C)C)cc2)co1.Cl. The average molecular weight is 374 g/mol. The average Bonchev–Trinajstić information content (AvgIpc) is 2.92. The number of hydrogen-bond acceptors (Lipinski definition) is 5. The molecule has 0 aliphatic carbocycles. The van der Waals surface area contributed by atoms with E-state index < -0.39 is 10.0 Å². The minimum Gasteiger partial charge on any atom is -0.449 e. The van der Waals surface area contributed by atoms with Gasteiger partial charge < -0.3 is 10.2 Å². The molecule has 6 nitrogen and oxygen atoms in total. The zero-order chi connectivity index (χ0) is 17.0. The van der Waals surface area contributed by atoms with Gasteiger partial charge in [0, 0.05) is 25.1 Å². The van der Waals surface area contributed by atoms with E-state index in [0.29, 0.717) is 23.9 Å². The first-order valence-corrected chi connectivity index (χ1v) is 9.05. The lowest BCUT2D eigenvalue weighted by Crippen LogP contribution is -2.40. The summed E-state index contributed by atoms with van der Waals surface area (Å²) in [4.78, 5) is 4.43. The number of hydrogen-bond donors (Lipinski definition) is 2. The molecule has 1 aromatic heterocycles. The fourth-order valence-corrected chi connectivity index (χ4v) is 3.61. The first-order valence-electron chi connectivity index (χ1n) is 7.57. The molecular formula is C16H24ClN3O3S. The number of halogens is 1. The zero-order valence-electron chi connectivity index (χ0n) is 14.0. The van der Waals surface area contributed by atoms with Crippen LogP contribution >= 0.6 is 12.4 Å². The smallest absolute Gasteiger partial charge is 0.240 e. The fourth-order valence-electron chi connectivity index (χ4n) is 2.35. The molecule has 0 radical (unpaired) electrons. The second kappa shape index (κ2) is 8.62. The lowest BCUT2D eigenvalue weighted by Gasteiger charge is -2.18. The lowest BCUT2D eigenvalue weighted by atomic mass is 10.1. The molecule has 0 amide bonds. The van der Waals surface area contributed by atoms with E-state index in [1.54, 1.807) is 37.5 Å². The van der Waals surface area contributed by atoms with Gasteiger partial charge >= 0.3 is 0 Å². The van der Waals surface area contributed by atoms with Crippen molar-refractivity contribution in [2.24, 2.45) is 11.7 Å². The molecule has 0 saturated carbocycles. The summed E-state index contributed by atoms with van der Waals surface area (Å²) in [5.74, 6) is 0.932. The number of nitrogens with zero attached hydrogens (tertiary/aromatic N) is 1. The van der Waals surface area contributed by atoms with Crippen molar-refractivity contribution in [3.05, 3.63) is 36.4 Å². The maximum atomic E-state index is 12.4. The molecule has 1 unspecified atom stereocenters. The van der Waals surface area contributed by atoms with Gasteiger partial charge in [0.1, 0.15) is 12.0 Å². The van der Waals surface area contributed by atoms with E-state index in [2.05, 4.69) is 9.71 Å². The quantitative estimate of drug-likeness (QED) is 0.777. The highest BCUT2D eigenvalue weighted by Gasteiger charge is 2.20. The Morgan fingerprint density at radius 2 is 1.88 bits per heavy atom. The van der Waals surface area contributed by atoms with E-state index in [4.69, 9.17) is 10.2 Å². The van der Waals surface area contributed by atoms with Crippen LogP contribution in [0.4, 0.5) is 0 Å². The molecule has 24 heavy (non-hydrogen) atoms. The predicted molar refractivity (Wildman–Crippen MR) is 96.5 cm³/mol. The minimum atomic E-state index is -3.58. The summed E-state index contributed by atoms with van der Waals surface area (Å²) in [6.45, 7) is 6.10. The maximum absolute atomic E-state index is 12.4. The van der Waals surface area contributed by atoms with E-state index >= 15 is 0 Å². The van der Waals surface area contributed by atoms with Crippen LogP contribution in [0.5, 0.6) is 0 Å². The normalized spacial score (nSPS) is 12.9. The Bertz CT molecular complexity index is 742. The predicted octanol–water partition coefficient (Wildman–Crippen LogP) is 2.72. The number of nitrogens with two attached hydrogens (primary N) is 1. The van der Waals surface area contributed by atoms with E-state index in [1.807, 2.05) is 13.8 Å². The topological polar surface area (TPSA) is 98.2 Å². The summed E-state index contributed by atoms with van der Waals surface area (Å²) >= 11 is 0. The summed E-state index contributed by atoms with van der Waals surface area (Å²) in [5.41, 5.74) is 7.15. The van der Waals surface area contributed by atoms with Crippen molar-refractivity contribution in [3.63, 3.8) is 0 Å². The number of benzene rings is 1.